The van der Waals surface area contributed by atoms with Crippen molar-refractivity contribution < 1.29 is 19.5 Å². The molecular weight excluding hydrogens is 284 g/mol. The number of aliphatic hydroxyl groups excluding tert-OH is 1. The molecule has 2 unspecified atom stereocenters. The van der Waals surface area contributed by atoms with Crippen molar-refractivity contribution in [3.63, 3.8) is 0 Å². The highest BCUT2D eigenvalue weighted by Crippen LogP contribution is 2.32. The van der Waals surface area contributed by atoms with Crippen molar-refractivity contribution in [3.05, 3.63) is 42.1 Å². The van der Waals surface area contributed by atoms with E-state index in [9.17, 15) is 9.90 Å². The summed E-state index contributed by atoms with van der Waals surface area (Å²) in [6.07, 6.45) is 0.847. The van der Waals surface area contributed by atoms with Gasteiger partial charge in [0.05, 0.1) is 24.8 Å². The summed E-state index contributed by atoms with van der Waals surface area (Å²) >= 11 is 0. The number of ether oxygens (including phenoxy) is 1. The van der Waals surface area contributed by atoms with Gasteiger partial charge in [-0.05, 0) is 25.1 Å². The molecule has 1 N–H and O–H groups in total. The Labute approximate surface area is 127 Å². The molecule has 0 bridgehead atoms. The molecule has 2 atom stereocenters. The van der Waals surface area contributed by atoms with E-state index in [0.29, 0.717) is 5.71 Å². The van der Waals surface area contributed by atoms with Gasteiger partial charge in [-0.25, -0.2) is 4.79 Å². The average molecular weight is 300 g/mol. The monoisotopic (exact) mass is 300 g/mol. The fourth-order valence-electron chi connectivity index (χ4n) is 2.54. The molecule has 3 rings (SSSR count). The number of esters is 1. The second-order valence-electron chi connectivity index (χ2n) is 5.27. The predicted octanol–water partition coefficient (Wildman–Crippen LogP) is 1.65. The Morgan fingerprint density at radius 3 is 3.00 bits per heavy atom. The van der Waals surface area contributed by atoms with Crippen molar-refractivity contribution in [1.29, 1.82) is 0 Å². The van der Waals surface area contributed by atoms with Gasteiger partial charge in [-0.2, -0.15) is 0 Å². The summed E-state index contributed by atoms with van der Waals surface area (Å²) in [5, 5.41) is 14.9. The Kier molecular flexibility index (Phi) is 3.54. The van der Waals surface area contributed by atoms with Gasteiger partial charge < -0.3 is 14.7 Å². The Morgan fingerprint density at radius 2 is 2.27 bits per heavy atom. The van der Waals surface area contributed by atoms with Crippen LogP contribution in [0.5, 0.6) is 0 Å². The molecule has 0 radical (unpaired) electrons. The van der Waals surface area contributed by atoms with Crippen LogP contribution < -0.4 is 0 Å². The third-order valence-corrected chi connectivity index (χ3v) is 3.89. The molecule has 0 aliphatic carbocycles. The Balaban J connectivity index is 1.94. The number of benzene rings is 1. The van der Waals surface area contributed by atoms with Gasteiger partial charge >= 0.3 is 5.97 Å². The summed E-state index contributed by atoms with van der Waals surface area (Å²) in [5.41, 5.74) is 0.818. The fraction of sp³-hybridized carbons (Fsp3) is 0.312. The highest BCUT2D eigenvalue weighted by Gasteiger charge is 2.52. The van der Waals surface area contributed by atoms with Gasteiger partial charge in [0.1, 0.15) is 6.10 Å². The minimum Gasteiger partial charge on any atom is -0.466 e. The summed E-state index contributed by atoms with van der Waals surface area (Å²) in [6, 6.07) is 9.48. The van der Waals surface area contributed by atoms with Crippen LogP contribution in [-0.2, 0) is 14.4 Å². The number of methoxy groups -OCH3 is 1. The highest BCUT2D eigenvalue weighted by molar-refractivity contribution is 6.06. The van der Waals surface area contributed by atoms with E-state index in [1.165, 1.54) is 14.0 Å². The molecule has 0 spiro atoms. The van der Waals surface area contributed by atoms with Crippen molar-refractivity contribution in [2.24, 2.45) is 5.16 Å². The topological polar surface area (TPSA) is 81.0 Å². The van der Waals surface area contributed by atoms with Crippen LogP contribution in [0.25, 0.3) is 10.9 Å². The van der Waals surface area contributed by atoms with E-state index >= 15 is 0 Å². The number of aromatic nitrogens is 1. The number of hydrogen-bond donors (Lipinski definition) is 1. The van der Waals surface area contributed by atoms with Crippen molar-refractivity contribution in [2.75, 3.05) is 7.11 Å². The number of rotatable bonds is 3. The number of fused-ring (bicyclic) bond motifs is 1. The SMILES string of the molecule is COC(=O)C1(C(C)O)CC(c2ccc3ncccc3c2)=NO1. The molecule has 1 aromatic carbocycles. The minimum absolute atomic E-state index is 0.156. The third-order valence-electron chi connectivity index (χ3n) is 3.89. The van der Waals surface area contributed by atoms with Gasteiger partial charge in [0.2, 0.25) is 0 Å². The first kappa shape index (κ1) is 14.5. The van der Waals surface area contributed by atoms with Gasteiger partial charge in [0.15, 0.2) is 0 Å². The first-order valence-corrected chi connectivity index (χ1v) is 6.93. The minimum atomic E-state index is -1.48. The van der Waals surface area contributed by atoms with Gasteiger partial charge in [0, 0.05) is 17.1 Å². The van der Waals surface area contributed by atoms with Crippen molar-refractivity contribution >= 4 is 22.6 Å². The maximum absolute atomic E-state index is 12.0. The molecule has 2 heterocycles. The molecule has 0 amide bonds. The Morgan fingerprint density at radius 1 is 1.45 bits per heavy atom. The van der Waals surface area contributed by atoms with E-state index in [2.05, 4.69) is 10.1 Å². The zero-order valence-electron chi connectivity index (χ0n) is 12.3. The first-order chi connectivity index (χ1) is 10.6. The molecule has 1 aromatic heterocycles. The van der Waals surface area contributed by atoms with E-state index < -0.39 is 17.7 Å². The second-order valence-corrected chi connectivity index (χ2v) is 5.27. The molecule has 6 nitrogen and oxygen atoms in total. The molecule has 0 fully saturated rings. The van der Waals surface area contributed by atoms with Crippen LogP contribution in [0.1, 0.15) is 18.9 Å². The molecule has 22 heavy (non-hydrogen) atoms. The summed E-state index contributed by atoms with van der Waals surface area (Å²) in [7, 11) is 1.26. The number of aliphatic hydroxyl groups is 1. The van der Waals surface area contributed by atoms with E-state index in [1.807, 2.05) is 30.3 Å². The molecule has 1 aliphatic rings. The lowest BCUT2D eigenvalue weighted by molar-refractivity contribution is -0.179. The second kappa shape index (κ2) is 5.38. The predicted molar refractivity (Wildman–Crippen MR) is 80.4 cm³/mol. The average Bonchev–Trinajstić information content (AvgIpc) is 3.00. The number of carbonyl (C=O) groups excluding carboxylic acids is 1. The van der Waals surface area contributed by atoms with Crippen LogP contribution in [0.15, 0.2) is 41.7 Å². The van der Waals surface area contributed by atoms with Crippen LogP contribution in [0, 0.1) is 0 Å². The third kappa shape index (κ3) is 2.21. The molecule has 114 valence electrons. The number of carbonyl (C=O) groups is 1. The standard InChI is InChI=1S/C16H16N2O4/c1-10(19)16(15(20)21-2)9-14(18-22-16)12-5-6-13-11(8-12)4-3-7-17-13/h3-8,10,19H,9H2,1-2H3. The van der Waals surface area contributed by atoms with Gasteiger partial charge in [0.25, 0.3) is 5.60 Å². The summed E-state index contributed by atoms with van der Waals surface area (Å²) in [6.45, 7) is 1.49. The highest BCUT2D eigenvalue weighted by atomic mass is 16.7. The summed E-state index contributed by atoms with van der Waals surface area (Å²) < 4.78 is 4.75. The Bertz CT molecular complexity index is 757. The van der Waals surface area contributed by atoms with E-state index in [0.717, 1.165) is 16.5 Å². The van der Waals surface area contributed by atoms with Crippen molar-refractivity contribution in [1.82, 2.24) is 4.98 Å². The maximum atomic E-state index is 12.0. The zero-order valence-corrected chi connectivity index (χ0v) is 12.3. The lowest BCUT2D eigenvalue weighted by atomic mass is 9.89. The van der Waals surface area contributed by atoms with Crippen molar-refractivity contribution in [2.45, 2.75) is 25.0 Å². The normalized spacial score (nSPS) is 22.0. The number of nitrogens with zero attached hydrogens (tertiary/aromatic N) is 2. The number of oxime groups is 1. The maximum Gasteiger partial charge on any atom is 0.356 e. The van der Waals surface area contributed by atoms with Crippen LogP contribution >= 0.6 is 0 Å². The van der Waals surface area contributed by atoms with Crippen LogP contribution in [0.2, 0.25) is 0 Å². The van der Waals surface area contributed by atoms with Gasteiger partial charge in [-0.3, -0.25) is 4.98 Å². The van der Waals surface area contributed by atoms with Crippen LogP contribution in [0.4, 0.5) is 0 Å². The molecular formula is C16H16N2O4. The molecule has 0 saturated heterocycles. The van der Waals surface area contributed by atoms with E-state index in [4.69, 9.17) is 9.57 Å². The lowest BCUT2D eigenvalue weighted by Gasteiger charge is -2.26. The molecule has 1 aliphatic heterocycles. The summed E-state index contributed by atoms with van der Waals surface area (Å²) in [4.78, 5) is 21.5. The molecule has 0 saturated carbocycles. The van der Waals surface area contributed by atoms with E-state index in [-0.39, 0.29) is 6.42 Å². The smallest absolute Gasteiger partial charge is 0.356 e. The van der Waals surface area contributed by atoms with Crippen molar-refractivity contribution in [3.8, 4) is 0 Å². The largest absolute Gasteiger partial charge is 0.466 e. The molecule has 6 heteroatoms. The number of hydrogen-bond acceptors (Lipinski definition) is 6. The van der Waals surface area contributed by atoms with Gasteiger partial charge in [-0.1, -0.05) is 17.3 Å². The number of pyridine rings is 1. The van der Waals surface area contributed by atoms with Crippen LogP contribution in [0.3, 0.4) is 0 Å². The fourth-order valence-corrected chi connectivity index (χ4v) is 2.54. The quantitative estimate of drug-likeness (QED) is 0.872. The lowest BCUT2D eigenvalue weighted by Crippen LogP contribution is -2.49. The van der Waals surface area contributed by atoms with E-state index in [1.54, 1.807) is 6.20 Å². The van der Waals surface area contributed by atoms with Gasteiger partial charge in [-0.15, -0.1) is 0 Å². The molecule has 2 aromatic rings. The zero-order chi connectivity index (χ0) is 15.7. The Hall–Kier alpha value is -2.47. The first-order valence-electron chi connectivity index (χ1n) is 6.93. The summed E-state index contributed by atoms with van der Waals surface area (Å²) in [5.74, 6) is -0.635. The van der Waals surface area contributed by atoms with Crippen LogP contribution in [-0.4, -0.2) is 40.6 Å².